The number of aromatic nitrogens is 1. The van der Waals surface area contributed by atoms with Crippen molar-refractivity contribution in [1.82, 2.24) is 4.98 Å². The van der Waals surface area contributed by atoms with Gasteiger partial charge in [0.05, 0.1) is 17.4 Å². The lowest BCUT2D eigenvalue weighted by atomic mass is 10.4. The molecular weight excluding hydrogens is 286 g/mol. The van der Waals surface area contributed by atoms with Crippen LogP contribution in [-0.4, -0.2) is 39.3 Å². The largest absolute Gasteiger partial charge is 0.287 e. The predicted molar refractivity (Wildman–Crippen MR) is 63.1 cm³/mol. The van der Waals surface area contributed by atoms with Gasteiger partial charge >= 0.3 is 0 Å². The molecule has 1 heterocycles. The zero-order valence-electron chi connectivity index (χ0n) is 9.34. The normalized spacial score (nSPS) is 12.1. The van der Waals surface area contributed by atoms with Crippen molar-refractivity contribution in [2.45, 2.75) is 0 Å². The molecule has 0 fully saturated rings. The van der Waals surface area contributed by atoms with Gasteiger partial charge < -0.3 is 0 Å². The van der Waals surface area contributed by atoms with E-state index in [1.807, 2.05) is 0 Å². The molecular formula is C7H9N3O6S2. The standard InChI is InChI=1S/C7H9N3O6S2/c1-17(13,14)10(18(2,15)16)7-4-3-6(5-8-7)9(11)12/h3-5H,1-2H3. The first-order valence-corrected chi connectivity index (χ1v) is 8.04. The summed E-state index contributed by atoms with van der Waals surface area (Å²) in [6, 6.07) is 1.91. The van der Waals surface area contributed by atoms with Gasteiger partial charge in [0.1, 0.15) is 6.20 Å². The molecule has 11 heteroatoms. The first-order valence-electron chi connectivity index (χ1n) is 4.34. The lowest BCUT2D eigenvalue weighted by molar-refractivity contribution is -0.385. The average molecular weight is 295 g/mol. The van der Waals surface area contributed by atoms with Crippen LogP contribution in [0.1, 0.15) is 0 Å². The van der Waals surface area contributed by atoms with Crippen LogP contribution in [0.5, 0.6) is 0 Å². The molecule has 0 aliphatic rings. The van der Waals surface area contributed by atoms with Gasteiger partial charge in [0, 0.05) is 6.07 Å². The molecule has 0 amide bonds. The van der Waals surface area contributed by atoms with Crippen LogP contribution >= 0.6 is 0 Å². The highest BCUT2D eigenvalue weighted by Crippen LogP contribution is 2.20. The molecule has 18 heavy (non-hydrogen) atoms. The number of pyridine rings is 1. The summed E-state index contributed by atoms with van der Waals surface area (Å²) in [5.74, 6) is -0.425. The molecule has 9 nitrogen and oxygen atoms in total. The maximum atomic E-state index is 11.4. The Hall–Kier alpha value is -1.75. The van der Waals surface area contributed by atoms with Gasteiger partial charge in [0.2, 0.25) is 20.0 Å². The van der Waals surface area contributed by atoms with Crippen molar-refractivity contribution in [3.8, 4) is 0 Å². The van der Waals surface area contributed by atoms with Gasteiger partial charge in [-0.15, -0.1) is 3.71 Å². The summed E-state index contributed by atoms with van der Waals surface area (Å²) >= 11 is 0. The lowest BCUT2D eigenvalue weighted by Crippen LogP contribution is -2.35. The number of hydrogen-bond donors (Lipinski definition) is 0. The highest BCUT2D eigenvalue weighted by atomic mass is 32.3. The third kappa shape index (κ3) is 3.13. The monoisotopic (exact) mass is 295 g/mol. The smallest absolute Gasteiger partial charge is 0.258 e. The van der Waals surface area contributed by atoms with E-state index >= 15 is 0 Å². The van der Waals surface area contributed by atoms with E-state index in [4.69, 9.17) is 0 Å². The van der Waals surface area contributed by atoms with E-state index in [1.54, 1.807) is 0 Å². The summed E-state index contributed by atoms with van der Waals surface area (Å²) in [4.78, 5) is 13.1. The molecule has 0 spiro atoms. The van der Waals surface area contributed by atoms with E-state index in [2.05, 4.69) is 4.98 Å². The van der Waals surface area contributed by atoms with Crippen molar-refractivity contribution in [1.29, 1.82) is 0 Å². The topological polar surface area (TPSA) is 128 Å². The first kappa shape index (κ1) is 14.3. The number of nitro groups is 1. The second-order valence-corrected chi connectivity index (χ2v) is 7.25. The Morgan fingerprint density at radius 2 is 1.67 bits per heavy atom. The fourth-order valence-electron chi connectivity index (χ4n) is 1.18. The van der Waals surface area contributed by atoms with Crippen LogP contribution in [0.15, 0.2) is 18.3 Å². The maximum Gasteiger partial charge on any atom is 0.287 e. The molecule has 100 valence electrons. The zero-order valence-corrected chi connectivity index (χ0v) is 11.0. The van der Waals surface area contributed by atoms with Gasteiger partial charge in [-0.2, -0.15) is 0 Å². The van der Waals surface area contributed by atoms with Crippen molar-refractivity contribution < 1.29 is 21.8 Å². The quantitative estimate of drug-likeness (QED) is 0.551. The number of nitrogens with zero attached hydrogens (tertiary/aromatic N) is 3. The summed E-state index contributed by atoms with van der Waals surface area (Å²) in [6.07, 6.45) is 2.16. The van der Waals surface area contributed by atoms with Gasteiger partial charge in [-0.1, -0.05) is 0 Å². The Labute approximate surface area is 103 Å². The van der Waals surface area contributed by atoms with Crippen LogP contribution in [0.2, 0.25) is 0 Å². The van der Waals surface area contributed by atoms with Gasteiger partial charge in [-0.05, 0) is 6.07 Å². The number of sulfonamides is 2. The van der Waals surface area contributed by atoms with Crippen LogP contribution in [0.25, 0.3) is 0 Å². The predicted octanol–water partition coefficient (Wildman–Crippen LogP) is -0.285. The minimum Gasteiger partial charge on any atom is -0.258 e. The molecule has 0 saturated heterocycles. The second kappa shape index (κ2) is 4.49. The third-order valence-electron chi connectivity index (χ3n) is 1.73. The molecule has 1 aromatic rings. The van der Waals surface area contributed by atoms with Gasteiger partial charge in [-0.25, -0.2) is 21.8 Å². The Bertz CT molecular complexity index is 632. The molecule has 0 unspecified atom stereocenters. The van der Waals surface area contributed by atoms with Crippen molar-refractivity contribution in [3.63, 3.8) is 0 Å². The minimum atomic E-state index is -4.10. The highest BCUT2D eigenvalue weighted by Gasteiger charge is 2.28. The van der Waals surface area contributed by atoms with Gasteiger partial charge in [0.15, 0.2) is 5.82 Å². The molecule has 0 aromatic carbocycles. The van der Waals surface area contributed by atoms with E-state index in [0.29, 0.717) is 12.5 Å². The SMILES string of the molecule is CS(=O)(=O)N(c1ccc([N+](=O)[O-])cn1)S(C)(=O)=O. The van der Waals surface area contributed by atoms with Crippen molar-refractivity contribution in [2.75, 3.05) is 16.2 Å². The summed E-state index contributed by atoms with van der Waals surface area (Å²) in [5, 5.41) is 10.4. The molecule has 0 N–H and O–H groups in total. The molecule has 1 rings (SSSR count). The highest BCUT2D eigenvalue weighted by molar-refractivity contribution is 8.09. The fraction of sp³-hybridized carbons (Fsp3) is 0.286. The second-order valence-electron chi connectivity index (χ2n) is 3.35. The molecule has 0 atom stereocenters. The van der Waals surface area contributed by atoms with E-state index in [-0.39, 0.29) is 9.40 Å². The molecule has 0 saturated carbocycles. The molecule has 0 aliphatic carbocycles. The van der Waals surface area contributed by atoms with Crippen LogP contribution in [0.4, 0.5) is 11.5 Å². The lowest BCUT2D eigenvalue weighted by Gasteiger charge is -2.17. The van der Waals surface area contributed by atoms with E-state index in [1.165, 1.54) is 0 Å². The van der Waals surface area contributed by atoms with Crippen molar-refractivity contribution in [3.05, 3.63) is 28.4 Å². The summed E-state index contributed by atoms with van der Waals surface area (Å²) in [5.41, 5.74) is -0.374. The molecule has 1 aromatic heterocycles. The first-order chi connectivity index (χ1) is 8.03. The zero-order chi connectivity index (χ0) is 14.1. The minimum absolute atomic E-state index is 0.101. The van der Waals surface area contributed by atoms with Crippen molar-refractivity contribution in [2.24, 2.45) is 0 Å². The Balaban J connectivity index is 3.38. The Morgan fingerprint density at radius 1 is 1.17 bits per heavy atom. The molecule has 0 bridgehead atoms. The maximum absolute atomic E-state index is 11.4. The number of rotatable bonds is 4. The summed E-state index contributed by atoms with van der Waals surface area (Å²) in [6.45, 7) is 0. The van der Waals surface area contributed by atoms with E-state index in [9.17, 15) is 26.9 Å². The fourth-order valence-corrected chi connectivity index (χ4v) is 4.04. The number of hydrogen-bond acceptors (Lipinski definition) is 7. The third-order valence-corrected chi connectivity index (χ3v) is 4.94. The molecule has 0 aliphatic heterocycles. The van der Waals surface area contributed by atoms with Crippen LogP contribution in [0.3, 0.4) is 0 Å². The summed E-state index contributed by atoms with van der Waals surface area (Å²) in [7, 11) is -8.19. The molecule has 0 radical (unpaired) electrons. The number of anilines is 1. The van der Waals surface area contributed by atoms with Crippen LogP contribution < -0.4 is 3.71 Å². The van der Waals surface area contributed by atoms with Gasteiger partial charge in [0.25, 0.3) is 5.69 Å². The van der Waals surface area contributed by atoms with Crippen molar-refractivity contribution >= 4 is 31.6 Å². The van der Waals surface area contributed by atoms with Crippen LogP contribution in [0, 0.1) is 10.1 Å². The van der Waals surface area contributed by atoms with Gasteiger partial charge in [-0.3, -0.25) is 10.1 Å². The van der Waals surface area contributed by atoms with Crippen LogP contribution in [-0.2, 0) is 20.0 Å². The Morgan fingerprint density at radius 3 is 1.94 bits per heavy atom. The van der Waals surface area contributed by atoms with E-state index < -0.39 is 30.8 Å². The van der Waals surface area contributed by atoms with E-state index in [0.717, 1.165) is 18.3 Å². The Kier molecular flexibility index (Phi) is 3.57. The summed E-state index contributed by atoms with van der Waals surface area (Å²) < 4.78 is 45.6. The average Bonchev–Trinajstić information content (AvgIpc) is 2.13.